The molecule has 0 radical (unpaired) electrons. The van der Waals surface area contributed by atoms with Gasteiger partial charge in [0.25, 0.3) is 0 Å². The number of benzene rings is 1. The van der Waals surface area contributed by atoms with Gasteiger partial charge in [0.15, 0.2) is 0 Å². The van der Waals surface area contributed by atoms with Crippen molar-refractivity contribution in [2.24, 2.45) is 0 Å². The molecular weight excluding hydrogens is 366 g/mol. The number of nitrogens with zero attached hydrogens (tertiary/aromatic N) is 2. The standard InChI is InChI=1S/C23H31N3O3/c1-4-14-25(15-5-2)23(29)18(3)24-21(27)11-8-12-22(28)26-16-13-19-9-6-7-10-20(19)17-26/h4-7,9-10,18H,1-2,8,11-17H2,3H3,(H,24,27). The van der Waals surface area contributed by atoms with Gasteiger partial charge in [0.05, 0.1) is 0 Å². The van der Waals surface area contributed by atoms with Crippen molar-refractivity contribution < 1.29 is 14.4 Å². The SMILES string of the molecule is C=CCN(CC=C)C(=O)C(C)NC(=O)CCCC(=O)N1CCc2ccccc2C1. The zero-order valence-electron chi connectivity index (χ0n) is 17.2. The minimum atomic E-state index is -0.628. The van der Waals surface area contributed by atoms with Crippen LogP contribution in [0.4, 0.5) is 0 Å². The summed E-state index contributed by atoms with van der Waals surface area (Å²) in [5, 5.41) is 2.72. The third kappa shape index (κ3) is 6.59. The number of hydrogen-bond acceptors (Lipinski definition) is 3. The molecule has 0 aromatic heterocycles. The molecule has 1 aliphatic rings. The van der Waals surface area contributed by atoms with Gasteiger partial charge in [0.2, 0.25) is 17.7 Å². The maximum absolute atomic E-state index is 12.5. The van der Waals surface area contributed by atoms with E-state index in [4.69, 9.17) is 0 Å². The number of carbonyl (C=O) groups excluding carboxylic acids is 3. The van der Waals surface area contributed by atoms with Gasteiger partial charge in [-0.05, 0) is 30.9 Å². The minimum Gasteiger partial charge on any atom is -0.345 e. The first-order chi connectivity index (χ1) is 14.0. The van der Waals surface area contributed by atoms with Gasteiger partial charge < -0.3 is 15.1 Å². The van der Waals surface area contributed by atoms with Crippen molar-refractivity contribution in [3.05, 3.63) is 60.7 Å². The van der Waals surface area contributed by atoms with Crippen molar-refractivity contribution in [2.75, 3.05) is 19.6 Å². The molecular formula is C23H31N3O3. The lowest BCUT2D eigenvalue weighted by atomic mass is 9.99. The van der Waals surface area contributed by atoms with Crippen molar-refractivity contribution in [2.45, 2.75) is 45.2 Å². The first kappa shape index (κ1) is 22.4. The highest BCUT2D eigenvalue weighted by Gasteiger charge is 2.22. The Hall–Kier alpha value is -2.89. The molecule has 1 aliphatic heterocycles. The molecule has 1 aromatic carbocycles. The molecule has 1 heterocycles. The smallest absolute Gasteiger partial charge is 0.245 e. The highest BCUT2D eigenvalue weighted by molar-refractivity contribution is 5.87. The Morgan fingerprint density at radius 1 is 1.14 bits per heavy atom. The number of amides is 3. The predicted octanol–water partition coefficient (Wildman–Crippen LogP) is 2.45. The molecule has 0 aliphatic carbocycles. The van der Waals surface area contributed by atoms with Gasteiger partial charge in [0, 0.05) is 39.0 Å². The molecule has 1 unspecified atom stereocenters. The molecule has 1 N–H and O–H groups in total. The van der Waals surface area contributed by atoms with E-state index in [1.54, 1.807) is 24.0 Å². The van der Waals surface area contributed by atoms with Crippen LogP contribution < -0.4 is 5.32 Å². The van der Waals surface area contributed by atoms with Gasteiger partial charge in [-0.1, -0.05) is 36.4 Å². The van der Waals surface area contributed by atoms with Gasteiger partial charge >= 0.3 is 0 Å². The van der Waals surface area contributed by atoms with E-state index in [0.29, 0.717) is 32.5 Å². The molecule has 3 amide bonds. The molecule has 156 valence electrons. The average molecular weight is 398 g/mol. The Morgan fingerprint density at radius 2 is 1.79 bits per heavy atom. The largest absolute Gasteiger partial charge is 0.345 e. The lowest BCUT2D eigenvalue weighted by Gasteiger charge is -2.29. The fourth-order valence-electron chi connectivity index (χ4n) is 3.48. The van der Waals surface area contributed by atoms with Crippen LogP contribution in [-0.2, 0) is 27.3 Å². The summed E-state index contributed by atoms with van der Waals surface area (Å²) in [4.78, 5) is 40.5. The second-order valence-electron chi connectivity index (χ2n) is 7.30. The fourth-order valence-corrected chi connectivity index (χ4v) is 3.48. The Morgan fingerprint density at radius 3 is 2.45 bits per heavy atom. The topological polar surface area (TPSA) is 69.7 Å². The number of nitrogens with one attached hydrogen (secondary N) is 1. The molecule has 0 fully saturated rings. The summed E-state index contributed by atoms with van der Waals surface area (Å²) < 4.78 is 0. The molecule has 6 nitrogen and oxygen atoms in total. The van der Waals surface area contributed by atoms with Crippen LogP contribution in [-0.4, -0.2) is 53.2 Å². The van der Waals surface area contributed by atoms with Gasteiger partial charge in [0.1, 0.15) is 6.04 Å². The lowest BCUT2D eigenvalue weighted by Crippen LogP contribution is -2.47. The van der Waals surface area contributed by atoms with Crippen LogP contribution in [0.2, 0.25) is 0 Å². The predicted molar refractivity (Wildman–Crippen MR) is 114 cm³/mol. The fraction of sp³-hybridized carbons (Fsp3) is 0.435. The van der Waals surface area contributed by atoms with Gasteiger partial charge in [-0.2, -0.15) is 0 Å². The second kappa shape index (κ2) is 11.2. The highest BCUT2D eigenvalue weighted by Crippen LogP contribution is 2.19. The number of hydrogen-bond donors (Lipinski definition) is 1. The van der Waals surface area contributed by atoms with E-state index in [-0.39, 0.29) is 24.1 Å². The van der Waals surface area contributed by atoms with E-state index in [2.05, 4.69) is 30.6 Å². The maximum Gasteiger partial charge on any atom is 0.245 e. The van der Waals surface area contributed by atoms with Crippen molar-refractivity contribution in [1.29, 1.82) is 0 Å². The van der Waals surface area contributed by atoms with Gasteiger partial charge in [-0.15, -0.1) is 13.2 Å². The van der Waals surface area contributed by atoms with Crippen molar-refractivity contribution in [3.63, 3.8) is 0 Å². The Bertz CT molecular complexity index is 749. The maximum atomic E-state index is 12.5. The highest BCUT2D eigenvalue weighted by atomic mass is 16.2. The molecule has 29 heavy (non-hydrogen) atoms. The first-order valence-corrected chi connectivity index (χ1v) is 10.1. The quantitative estimate of drug-likeness (QED) is 0.617. The third-order valence-corrected chi connectivity index (χ3v) is 5.04. The van der Waals surface area contributed by atoms with E-state index in [1.165, 1.54) is 11.1 Å². The summed E-state index contributed by atoms with van der Waals surface area (Å²) in [6.45, 7) is 11.1. The van der Waals surface area contributed by atoms with Crippen LogP contribution in [0, 0.1) is 0 Å². The van der Waals surface area contributed by atoms with Gasteiger partial charge in [-0.3, -0.25) is 14.4 Å². The molecule has 2 rings (SSSR count). The zero-order chi connectivity index (χ0) is 21.2. The van der Waals surface area contributed by atoms with Crippen LogP contribution in [0.1, 0.15) is 37.3 Å². The normalized spacial score (nSPS) is 13.8. The first-order valence-electron chi connectivity index (χ1n) is 10.1. The summed E-state index contributed by atoms with van der Waals surface area (Å²) in [6.07, 6.45) is 5.16. The van der Waals surface area contributed by atoms with E-state index >= 15 is 0 Å². The monoisotopic (exact) mass is 397 g/mol. The summed E-state index contributed by atoms with van der Waals surface area (Å²) in [5.41, 5.74) is 2.50. The Balaban J connectivity index is 1.73. The van der Waals surface area contributed by atoms with E-state index in [9.17, 15) is 14.4 Å². The van der Waals surface area contributed by atoms with Crippen molar-refractivity contribution in [1.82, 2.24) is 15.1 Å². The van der Waals surface area contributed by atoms with Gasteiger partial charge in [-0.25, -0.2) is 0 Å². The average Bonchev–Trinajstić information content (AvgIpc) is 2.72. The van der Waals surface area contributed by atoms with Crippen molar-refractivity contribution >= 4 is 17.7 Å². The molecule has 0 saturated carbocycles. The van der Waals surface area contributed by atoms with E-state index in [0.717, 1.165) is 13.0 Å². The molecule has 6 heteroatoms. The second-order valence-corrected chi connectivity index (χ2v) is 7.30. The van der Waals surface area contributed by atoms with E-state index < -0.39 is 6.04 Å². The van der Waals surface area contributed by atoms with Crippen LogP contribution in [0.3, 0.4) is 0 Å². The zero-order valence-corrected chi connectivity index (χ0v) is 17.2. The lowest BCUT2D eigenvalue weighted by molar-refractivity contribution is -0.135. The van der Waals surface area contributed by atoms with Crippen LogP contribution >= 0.6 is 0 Å². The number of rotatable bonds is 10. The minimum absolute atomic E-state index is 0.0690. The number of carbonyl (C=O) groups is 3. The molecule has 0 bridgehead atoms. The van der Waals surface area contributed by atoms with Crippen LogP contribution in [0.5, 0.6) is 0 Å². The van der Waals surface area contributed by atoms with E-state index in [1.807, 2.05) is 17.0 Å². The summed E-state index contributed by atoms with van der Waals surface area (Å²) in [7, 11) is 0. The summed E-state index contributed by atoms with van der Waals surface area (Å²) >= 11 is 0. The molecule has 0 spiro atoms. The molecule has 1 aromatic rings. The molecule has 0 saturated heterocycles. The Labute approximate surface area is 173 Å². The molecule has 1 atom stereocenters. The summed E-state index contributed by atoms with van der Waals surface area (Å²) in [5.74, 6) is -0.333. The van der Waals surface area contributed by atoms with Crippen LogP contribution in [0.15, 0.2) is 49.6 Å². The van der Waals surface area contributed by atoms with Crippen LogP contribution in [0.25, 0.3) is 0 Å². The summed E-state index contributed by atoms with van der Waals surface area (Å²) in [6, 6.07) is 7.55. The third-order valence-electron chi connectivity index (χ3n) is 5.04. The van der Waals surface area contributed by atoms with Crippen molar-refractivity contribution in [3.8, 4) is 0 Å². The Kier molecular flexibility index (Phi) is 8.65. The number of fused-ring (bicyclic) bond motifs is 1.